The summed E-state index contributed by atoms with van der Waals surface area (Å²) in [5.41, 5.74) is 1.63. The van der Waals surface area contributed by atoms with Crippen LogP contribution in [0.1, 0.15) is 58.0 Å². The number of fused-ring (bicyclic) bond motifs is 1. The number of hydrogen-bond acceptors (Lipinski definition) is 6. The maximum atomic E-state index is 14.3. The quantitative estimate of drug-likeness (QED) is 0.492. The highest BCUT2D eigenvalue weighted by molar-refractivity contribution is 5.85. The molecule has 3 aromatic rings. The lowest BCUT2D eigenvalue weighted by Gasteiger charge is -2.28. The van der Waals surface area contributed by atoms with Crippen molar-refractivity contribution in [2.75, 3.05) is 24.5 Å². The van der Waals surface area contributed by atoms with Gasteiger partial charge < -0.3 is 15.0 Å². The zero-order valence-electron chi connectivity index (χ0n) is 22.0. The minimum Gasteiger partial charge on any atom is -0.444 e. The van der Waals surface area contributed by atoms with Crippen molar-refractivity contribution < 1.29 is 18.3 Å². The molecule has 10 heteroatoms. The molecule has 1 aromatic carbocycles. The Morgan fingerprint density at radius 1 is 1.24 bits per heavy atom. The molecule has 196 valence electrons. The third kappa shape index (κ3) is 5.36. The minimum absolute atomic E-state index is 0.103. The van der Waals surface area contributed by atoms with Gasteiger partial charge in [-0.1, -0.05) is 37.3 Å². The first-order valence-electron chi connectivity index (χ1n) is 12.2. The maximum Gasteiger partial charge on any atom is 0.407 e. The molecule has 0 radical (unpaired) electrons. The third-order valence-corrected chi connectivity index (χ3v) is 6.49. The Bertz CT molecular complexity index is 1370. The minimum atomic E-state index is -3.27. The number of anilines is 1. The highest BCUT2D eigenvalue weighted by Gasteiger charge is 2.39. The summed E-state index contributed by atoms with van der Waals surface area (Å²) in [5.74, 6) is -3.31. The van der Waals surface area contributed by atoms with E-state index in [2.05, 4.69) is 33.3 Å². The van der Waals surface area contributed by atoms with Crippen LogP contribution in [0.2, 0.25) is 0 Å². The Labute approximate surface area is 215 Å². The number of amides is 1. The average Bonchev–Trinajstić information content (AvgIpc) is 3.41. The van der Waals surface area contributed by atoms with E-state index < -0.39 is 23.4 Å². The van der Waals surface area contributed by atoms with Crippen molar-refractivity contribution in [1.82, 2.24) is 19.9 Å². The van der Waals surface area contributed by atoms with Crippen molar-refractivity contribution in [3.8, 4) is 17.2 Å². The Hall–Kier alpha value is -3.74. The van der Waals surface area contributed by atoms with Gasteiger partial charge in [-0.2, -0.15) is 18.6 Å². The number of rotatable bonds is 5. The van der Waals surface area contributed by atoms with E-state index in [-0.39, 0.29) is 16.6 Å². The van der Waals surface area contributed by atoms with Gasteiger partial charge in [0.15, 0.2) is 5.65 Å². The predicted molar refractivity (Wildman–Crippen MR) is 137 cm³/mol. The van der Waals surface area contributed by atoms with Crippen LogP contribution in [-0.2, 0) is 10.7 Å². The highest BCUT2D eigenvalue weighted by Crippen LogP contribution is 2.42. The van der Waals surface area contributed by atoms with Crippen molar-refractivity contribution in [3.05, 3.63) is 47.3 Å². The van der Waals surface area contributed by atoms with Crippen LogP contribution in [-0.4, -0.2) is 45.9 Å². The van der Waals surface area contributed by atoms with E-state index in [9.17, 15) is 18.8 Å². The number of alkyl halides is 2. The number of pyridine rings is 1. The second-order valence-electron chi connectivity index (χ2n) is 11.1. The van der Waals surface area contributed by atoms with Gasteiger partial charge in [0, 0.05) is 37.5 Å². The number of carbonyl (C=O) groups is 1. The molecule has 8 nitrogen and oxygen atoms in total. The van der Waals surface area contributed by atoms with E-state index in [4.69, 9.17) is 4.74 Å². The Kier molecular flexibility index (Phi) is 6.61. The Morgan fingerprint density at radius 2 is 1.92 bits per heavy atom. The van der Waals surface area contributed by atoms with E-state index in [0.29, 0.717) is 31.0 Å². The molecule has 1 fully saturated rings. The SMILES string of the molecule is Cc1c(-c2ccccc2)c(N2CC[C@@](C)(CNC(=O)OC(C)(C)C)C2)n2nc(C(C)(F)F)nc2c1C#N. The second kappa shape index (κ2) is 9.29. The molecule has 0 aliphatic carbocycles. The number of halogens is 2. The third-order valence-electron chi connectivity index (χ3n) is 6.49. The van der Waals surface area contributed by atoms with Gasteiger partial charge in [0.1, 0.15) is 23.1 Å². The molecule has 4 rings (SSSR count). The molecule has 37 heavy (non-hydrogen) atoms. The summed E-state index contributed by atoms with van der Waals surface area (Å²) in [7, 11) is 0. The first-order chi connectivity index (χ1) is 17.2. The van der Waals surface area contributed by atoms with E-state index in [1.165, 1.54) is 4.52 Å². The van der Waals surface area contributed by atoms with Gasteiger partial charge in [0.2, 0.25) is 5.82 Å². The van der Waals surface area contributed by atoms with Gasteiger partial charge in [-0.15, -0.1) is 5.10 Å². The molecular weight excluding hydrogens is 478 g/mol. The van der Waals surface area contributed by atoms with Crippen LogP contribution in [0.25, 0.3) is 16.8 Å². The fourth-order valence-electron chi connectivity index (χ4n) is 4.70. The molecule has 1 N–H and O–H groups in total. The Morgan fingerprint density at radius 3 is 2.51 bits per heavy atom. The van der Waals surface area contributed by atoms with E-state index in [0.717, 1.165) is 24.5 Å². The molecule has 1 saturated heterocycles. The first kappa shape index (κ1) is 26.3. The fourth-order valence-corrected chi connectivity index (χ4v) is 4.70. The van der Waals surface area contributed by atoms with Gasteiger partial charge in [0.25, 0.3) is 0 Å². The van der Waals surface area contributed by atoms with Crippen LogP contribution in [0.3, 0.4) is 0 Å². The molecule has 0 bridgehead atoms. The number of aromatic nitrogens is 3. The van der Waals surface area contributed by atoms with Crippen LogP contribution in [0, 0.1) is 23.7 Å². The number of carbonyl (C=O) groups excluding carboxylic acids is 1. The second-order valence-corrected chi connectivity index (χ2v) is 11.1. The largest absolute Gasteiger partial charge is 0.444 e. The fraction of sp³-hybridized carbons (Fsp3) is 0.481. The molecule has 3 heterocycles. The monoisotopic (exact) mass is 510 g/mol. The number of hydrogen-bond donors (Lipinski definition) is 1. The van der Waals surface area contributed by atoms with Gasteiger partial charge in [-0.25, -0.2) is 9.78 Å². The van der Waals surface area contributed by atoms with E-state index >= 15 is 0 Å². The number of nitrogens with one attached hydrogen (secondary N) is 1. The number of nitriles is 1. The van der Waals surface area contributed by atoms with Crippen LogP contribution in [0.4, 0.5) is 19.4 Å². The van der Waals surface area contributed by atoms with Gasteiger partial charge in [0.05, 0.1) is 0 Å². The lowest BCUT2D eigenvalue weighted by molar-refractivity contribution is 0.00799. The molecule has 1 aliphatic rings. The predicted octanol–water partition coefficient (Wildman–Crippen LogP) is 5.43. The molecule has 0 spiro atoms. The van der Waals surface area contributed by atoms with Crippen molar-refractivity contribution in [1.29, 1.82) is 5.26 Å². The highest BCUT2D eigenvalue weighted by atomic mass is 19.3. The lowest BCUT2D eigenvalue weighted by Crippen LogP contribution is -2.40. The van der Waals surface area contributed by atoms with Gasteiger partial charge in [-0.3, -0.25) is 0 Å². The zero-order valence-corrected chi connectivity index (χ0v) is 22.0. The summed E-state index contributed by atoms with van der Waals surface area (Å²) in [6.45, 7) is 11.5. The van der Waals surface area contributed by atoms with E-state index in [1.807, 2.05) is 37.3 Å². The summed E-state index contributed by atoms with van der Waals surface area (Å²) < 4.78 is 35.3. The van der Waals surface area contributed by atoms with Crippen molar-refractivity contribution in [2.45, 2.75) is 59.5 Å². The van der Waals surface area contributed by atoms with Crippen LogP contribution in [0.15, 0.2) is 30.3 Å². The van der Waals surface area contributed by atoms with Crippen molar-refractivity contribution in [3.63, 3.8) is 0 Å². The summed E-state index contributed by atoms with van der Waals surface area (Å²) in [6.07, 6.45) is 0.253. The van der Waals surface area contributed by atoms with Gasteiger partial charge >= 0.3 is 12.0 Å². The van der Waals surface area contributed by atoms with Gasteiger partial charge in [-0.05, 0) is 45.2 Å². The first-order valence-corrected chi connectivity index (χ1v) is 12.2. The summed E-state index contributed by atoms with van der Waals surface area (Å²) >= 11 is 0. The standard InChI is InChI=1S/C27H32F2N6O2/c1-17-19(14-30)21-32-23(27(6,28)29)33-35(21)22(20(17)18-10-8-7-9-11-18)34-13-12-26(5,16-34)15-31-24(36)37-25(2,3)4/h7-11H,12-13,15-16H2,1-6H3,(H,31,36)/t26-/m0/s1. The number of ether oxygens (including phenoxy) is 1. The normalized spacial score (nSPS) is 18.2. The molecule has 1 amide bonds. The molecule has 1 atom stereocenters. The van der Waals surface area contributed by atoms with Crippen LogP contribution >= 0.6 is 0 Å². The van der Waals surface area contributed by atoms with Crippen LogP contribution < -0.4 is 10.2 Å². The van der Waals surface area contributed by atoms with E-state index in [1.54, 1.807) is 20.8 Å². The molecular formula is C27H32F2N6O2. The molecule has 2 aromatic heterocycles. The lowest BCUT2D eigenvalue weighted by atomic mass is 9.90. The maximum absolute atomic E-state index is 14.3. The summed E-state index contributed by atoms with van der Waals surface area (Å²) in [5, 5.41) is 17.0. The molecule has 1 aliphatic heterocycles. The zero-order chi connectivity index (χ0) is 27.2. The number of alkyl carbamates (subject to hydrolysis) is 1. The number of nitrogens with zero attached hydrogens (tertiary/aromatic N) is 5. The number of benzene rings is 1. The summed E-state index contributed by atoms with van der Waals surface area (Å²) in [4.78, 5) is 18.4. The average molecular weight is 511 g/mol. The van der Waals surface area contributed by atoms with Crippen molar-refractivity contribution in [2.24, 2.45) is 5.41 Å². The Balaban J connectivity index is 1.80. The smallest absolute Gasteiger partial charge is 0.407 e. The van der Waals surface area contributed by atoms with Crippen LogP contribution in [0.5, 0.6) is 0 Å². The molecule has 0 unspecified atom stereocenters. The topological polar surface area (TPSA) is 95.6 Å². The summed E-state index contributed by atoms with van der Waals surface area (Å²) in [6, 6.07) is 11.7. The molecule has 0 saturated carbocycles. The van der Waals surface area contributed by atoms with Crippen molar-refractivity contribution >= 4 is 17.6 Å².